The van der Waals surface area contributed by atoms with Crippen molar-refractivity contribution >= 4 is 52.6 Å². The Kier molecular flexibility index (Phi) is 14.9. The molecule has 0 aromatic heterocycles. The average molecular weight is 499 g/mol. The van der Waals surface area contributed by atoms with Gasteiger partial charge in [0.15, 0.2) is 0 Å². The minimum absolute atomic E-state index is 0.154. The Balaban J connectivity index is 2.42. The molecule has 0 spiro atoms. The van der Waals surface area contributed by atoms with Gasteiger partial charge in [-0.05, 0) is 48.3 Å². The first-order chi connectivity index (χ1) is 14.5. The molecule has 0 heterocycles. The van der Waals surface area contributed by atoms with Crippen LogP contribution in [0.1, 0.15) is 31.4 Å². The summed E-state index contributed by atoms with van der Waals surface area (Å²) in [5.41, 5.74) is 2.17. The van der Waals surface area contributed by atoms with E-state index in [2.05, 4.69) is 19.0 Å². The number of ether oxygens (including phenoxy) is 3. The second kappa shape index (κ2) is 16.6. The van der Waals surface area contributed by atoms with E-state index in [1.165, 1.54) is 6.08 Å². The number of nitrogens with zero attached hydrogens (tertiary/aromatic N) is 1. The van der Waals surface area contributed by atoms with E-state index in [0.29, 0.717) is 32.8 Å². The van der Waals surface area contributed by atoms with Crippen molar-refractivity contribution in [1.29, 1.82) is 0 Å². The van der Waals surface area contributed by atoms with E-state index < -0.39 is 0 Å². The average Bonchev–Trinajstić information content (AvgIpc) is 2.71. The van der Waals surface area contributed by atoms with E-state index in [9.17, 15) is 0 Å². The fraction of sp³-hybridized carbons (Fsp3) is 0.476. The molecule has 168 valence electrons. The molecule has 0 N–H and O–H groups in total. The predicted molar refractivity (Wildman–Crippen MR) is 126 cm³/mol. The molecule has 30 heavy (non-hydrogen) atoms. The number of rotatable bonds is 15. The Bertz CT molecular complexity index is 690. The first-order valence-corrected chi connectivity index (χ1v) is 11.1. The zero-order valence-electron chi connectivity index (χ0n) is 17.1. The summed E-state index contributed by atoms with van der Waals surface area (Å²) >= 11 is 22.1. The summed E-state index contributed by atoms with van der Waals surface area (Å²) in [6.07, 6.45) is 7.03. The van der Waals surface area contributed by atoms with E-state index in [4.69, 9.17) is 65.5 Å². The minimum Gasteiger partial charge on any atom is -0.491 e. The summed E-state index contributed by atoms with van der Waals surface area (Å²) in [5.74, 6) is 1.66. The molecule has 0 amide bonds. The Labute approximate surface area is 198 Å². The van der Waals surface area contributed by atoms with Gasteiger partial charge in [0.25, 0.3) is 0 Å². The normalized spacial score (nSPS) is 10.7. The Hall–Kier alpha value is -1.11. The molecular weight excluding hydrogens is 472 g/mol. The highest BCUT2D eigenvalue weighted by Gasteiger charge is 2.11. The molecule has 0 aliphatic rings. The molecule has 0 atom stereocenters. The summed E-state index contributed by atoms with van der Waals surface area (Å²) in [4.78, 5) is 4.94. The van der Waals surface area contributed by atoms with Gasteiger partial charge < -0.3 is 19.0 Å². The van der Waals surface area contributed by atoms with E-state index in [1.54, 1.807) is 12.3 Å². The van der Waals surface area contributed by atoms with Gasteiger partial charge in [-0.2, -0.15) is 0 Å². The van der Waals surface area contributed by atoms with Gasteiger partial charge in [0.2, 0.25) is 0 Å². The molecule has 1 aromatic carbocycles. The maximum Gasteiger partial charge on any atom is 0.138 e. The molecule has 0 bridgehead atoms. The van der Waals surface area contributed by atoms with E-state index >= 15 is 0 Å². The van der Waals surface area contributed by atoms with Gasteiger partial charge in [-0.25, -0.2) is 0 Å². The van der Waals surface area contributed by atoms with Gasteiger partial charge in [-0.1, -0.05) is 65.4 Å². The summed E-state index contributed by atoms with van der Waals surface area (Å²) in [7, 11) is 0. The zero-order valence-corrected chi connectivity index (χ0v) is 20.2. The first-order valence-electron chi connectivity index (χ1n) is 9.63. The molecule has 1 aromatic rings. The predicted octanol–water partition coefficient (Wildman–Crippen LogP) is 6.62. The van der Waals surface area contributed by atoms with Crippen molar-refractivity contribution in [2.45, 2.75) is 33.1 Å². The van der Waals surface area contributed by atoms with Crippen molar-refractivity contribution in [2.24, 2.45) is 5.16 Å². The summed E-state index contributed by atoms with van der Waals surface area (Å²) in [5, 5.41) is 3.76. The molecular formula is C21H27Cl4NO4. The van der Waals surface area contributed by atoms with Crippen LogP contribution >= 0.6 is 46.4 Å². The van der Waals surface area contributed by atoms with Crippen molar-refractivity contribution in [3.05, 3.63) is 44.4 Å². The lowest BCUT2D eigenvalue weighted by molar-refractivity contribution is 0.104. The van der Waals surface area contributed by atoms with E-state index in [0.717, 1.165) is 35.5 Å². The second-order valence-corrected chi connectivity index (χ2v) is 7.93. The standard InChI is InChI=1S/C21H27Cl4NO4/c1-3-16-14-18(28-10-6-19(22)23)15-17(4-2)21(16)29-13-12-27-9-5-8-26-30-11-7-20(24)25/h6-8,14-15H,3-5,9-13H2,1-2H3. The van der Waals surface area contributed by atoms with Crippen LogP contribution in [0.25, 0.3) is 0 Å². The van der Waals surface area contributed by atoms with Gasteiger partial charge in [0.1, 0.15) is 40.3 Å². The maximum absolute atomic E-state index is 6.01. The molecule has 0 fully saturated rings. The molecule has 0 unspecified atom stereocenters. The van der Waals surface area contributed by atoms with Crippen LogP contribution in [0.5, 0.6) is 11.5 Å². The van der Waals surface area contributed by atoms with Crippen LogP contribution < -0.4 is 9.47 Å². The molecule has 9 heteroatoms. The lowest BCUT2D eigenvalue weighted by Crippen LogP contribution is -2.10. The maximum atomic E-state index is 6.01. The number of benzene rings is 1. The number of hydrogen-bond acceptors (Lipinski definition) is 5. The number of oxime groups is 1. The number of hydrogen-bond donors (Lipinski definition) is 0. The fourth-order valence-electron chi connectivity index (χ4n) is 2.41. The van der Waals surface area contributed by atoms with Crippen LogP contribution in [0.2, 0.25) is 0 Å². The third-order valence-corrected chi connectivity index (χ3v) is 4.41. The third-order valence-electron chi connectivity index (χ3n) is 3.79. The quantitative estimate of drug-likeness (QED) is 0.155. The minimum atomic E-state index is 0.154. The van der Waals surface area contributed by atoms with Crippen LogP contribution in [0.4, 0.5) is 0 Å². The highest BCUT2D eigenvalue weighted by atomic mass is 35.5. The number of halogens is 4. The highest BCUT2D eigenvalue weighted by molar-refractivity contribution is 6.56. The molecule has 0 radical (unpaired) electrons. The van der Waals surface area contributed by atoms with Gasteiger partial charge in [0.05, 0.1) is 13.2 Å². The first kappa shape index (κ1) is 26.9. The molecule has 0 saturated heterocycles. The second-order valence-electron chi connectivity index (χ2n) is 5.91. The Morgan fingerprint density at radius 2 is 1.50 bits per heavy atom. The van der Waals surface area contributed by atoms with Crippen LogP contribution in [0.15, 0.2) is 38.4 Å². The zero-order chi connectivity index (χ0) is 22.2. The van der Waals surface area contributed by atoms with Crippen molar-refractivity contribution in [2.75, 3.05) is 33.0 Å². The van der Waals surface area contributed by atoms with Gasteiger partial charge in [-0.15, -0.1) is 0 Å². The van der Waals surface area contributed by atoms with E-state index in [-0.39, 0.29) is 15.6 Å². The van der Waals surface area contributed by atoms with Gasteiger partial charge >= 0.3 is 0 Å². The molecule has 0 aliphatic carbocycles. The molecule has 1 rings (SSSR count). The van der Waals surface area contributed by atoms with Crippen molar-refractivity contribution in [3.8, 4) is 11.5 Å². The summed E-state index contributed by atoms with van der Waals surface area (Å²) < 4.78 is 17.6. The highest BCUT2D eigenvalue weighted by Crippen LogP contribution is 2.31. The van der Waals surface area contributed by atoms with Crippen LogP contribution in [-0.4, -0.2) is 39.2 Å². The van der Waals surface area contributed by atoms with Crippen LogP contribution in [0.3, 0.4) is 0 Å². The van der Waals surface area contributed by atoms with Crippen molar-refractivity contribution in [1.82, 2.24) is 0 Å². The van der Waals surface area contributed by atoms with Gasteiger partial charge in [0, 0.05) is 12.6 Å². The topological polar surface area (TPSA) is 49.3 Å². The third kappa shape index (κ3) is 11.9. The smallest absolute Gasteiger partial charge is 0.138 e. The lowest BCUT2D eigenvalue weighted by Gasteiger charge is -2.17. The molecule has 5 nitrogen and oxygen atoms in total. The SMILES string of the molecule is CCc1cc(OCC=C(Cl)Cl)cc(CC)c1OCCOCCC=NOCC=C(Cl)Cl. The molecule has 0 aliphatic heterocycles. The summed E-state index contributed by atoms with van der Waals surface area (Å²) in [6, 6.07) is 3.96. The van der Waals surface area contributed by atoms with Gasteiger partial charge in [-0.3, -0.25) is 0 Å². The Morgan fingerprint density at radius 1 is 0.867 bits per heavy atom. The van der Waals surface area contributed by atoms with Crippen molar-refractivity contribution < 1.29 is 19.0 Å². The largest absolute Gasteiger partial charge is 0.491 e. The fourth-order valence-corrected chi connectivity index (χ4v) is 2.66. The van der Waals surface area contributed by atoms with Crippen LogP contribution in [-0.2, 0) is 22.4 Å². The number of aryl methyl sites for hydroxylation is 2. The van der Waals surface area contributed by atoms with Crippen LogP contribution in [0, 0.1) is 0 Å². The van der Waals surface area contributed by atoms with E-state index in [1.807, 2.05) is 12.1 Å². The van der Waals surface area contributed by atoms with Crippen molar-refractivity contribution in [3.63, 3.8) is 0 Å². The Morgan fingerprint density at radius 3 is 2.10 bits per heavy atom. The monoisotopic (exact) mass is 497 g/mol. The lowest BCUT2D eigenvalue weighted by atomic mass is 10.0. The summed E-state index contributed by atoms with van der Waals surface area (Å²) in [6.45, 7) is 6.15. The molecule has 0 saturated carbocycles.